The molecule has 0 radical (unpaired) electrons. The van der Waals surface area contributed by atoms with E-state index < -0.39 is 15.6 Å². The first-order valence-corrected chi connectivity index (χ1v) is 8.38. The highest BCUT2D eigenvalue weighted by Gasteiger charge is 2.27. The molecule has 2 rings (SSSR count). The van der Waals surface area contributed by atoms with Crippen LogP contribution in [0.1, 0.15) is 26.7 Å². The zero-order valence-electron chi connectivity index (χ0n) is 11.9. The first-order chi connectivity index (χ1) is 9.79. The second-order valence-electron chi connectivity index (χ2n) is 5.40. The topological polar surface area (TPSA) is 55.4 Å². The Morgan fingerprint density at radius 3 is 2.14 bits per heavy atom. The average Bonchev–Trinajstić information content (AvgIpc) is 2.37. The number of benzene rings is 1. The molecule has 1 heterocycles. The maximum Gasteiger partial charge on any atom is 0.341 e. The van der Waals surface area contributed by atoms with E-state index in [1.165, 1.54) is 24.3 Å². The molecule has 4 nitrogen and oxygen atoms in total. The normalized spacial score (nSPS) is 26.8. The van der Waals surface area contributed by atoms with Gasteiger partial charge in [-0.05, 0) is 51.0 Å². The van der Waals surface area contributed by atoms with Crippen molar-refractivity contribution in [3.05, 3.63) is 24.3 Å². The lowest BCUT2D eigenvalue weighted by Gasteiger charge is -2.33. The van der Waals surface area contributed by atoms with Crippen molar-refractivity contribution < 1.29 is 21.9 Å². The van der Waals surface area contributed by atoms with Crippen LogP contribution in [0.2, 0.25) is 0 Å². The quantitative estimate of drug-likeness (QED) is 0.927. The molecule has 2 atom stereocenters. The lowest BCUT2D eigenvalue weighted by atomic mass is 9.99. The minimum Gasteiger partial charge on any atom is -0.382 e. The highest BCUT2D eigenvalue weighted by atomic mass is 32.2. The average molecular weight is 319 g/mol. The van der Waals surface area contributed by atoms with Gasteiger partial charge in [-0.25, -0.2) is 8.42 Å². The number of hydrogen-bond acceptors (Lipinski definition) is 4. The number of halogens is 2. The van der Waals surface area contributed by atoms with Crippen molar-refractivity contribution in [1.29, 1.82) is 0 Å². The fraction of sp³-hybridized carbons (Fsp3) is 0.571. The molecular weight excluding hydrogens is 300 g/mol. The highest BCUT2D eigenvalue weighted by molar-refractivity contribution is 7.91. The van der Waals surface area contributed by atoms with Crippen molar-refractivity contribution >= 4 is 15.5 Å². The second kappa shape index (κ2) is 6.27. The fourth-order valence-electron chi connectivity index (χ4n) is 2.60. The van der Waals surface area contributed by atoms with E-state index in [2.05, 4.69) is 5.32 Å². The SMILES string of the molecule is CC1CC(Nc2ccc(S(=O)(=O)C(F)F)cc2)CC(C)O1. The smallest absolute Gasteiger partial charge is 0.341 e. The first-order valence-electron chi connectivity index (χ1n) is 6.83. The molecule has 7 heteroatoms. The summed E-state index contributed by atoms with van der Waals surface area (Å²) in [6.45, 7) is 4.01. The van der Waals surface area contributed by atoms with Crippen LogP contribution in [-0.2, 0) is 14.6 Å². The third-order valence-corrected chi connectivity index (χ3v) is 4.88. The summed E-state index contributed by atoms with van der Waals surface area (Å²) in [5.41, 5.74) is 0.717. The van der Waals surface area contributed by atoms with Crippen LogP contribution in [0.5, 0.6) is 0 Å². The van der Waals surface area contributed by atoms with Crippen molar-refractivity contribution in [2.45, 2.75) is 55.6 Å². The maximum atomic E-state index is 12.4. The molecule has 1 aliphatic heterocycles. The molecular formula is C14H19F2NO3S. The molecule has 118 valence electrons. The summed E-state index contributed by atoms with van der Waals surface area (Å²) in [6, 6.07) is 5.66. The fourth-order valence-corrected chi connectivity index (χ4v) is 3.32. The lowest BCUT2D eigenvalue weighted by Crippen LogP contribution is -2.36. The van der Waals surface area contributed by atoms with Gasteiger partial charge < -0.3 is 10.1 Å². The molecule has 0 aromatic heterocycles. The Morgan fingerprint density at radius 2 is 1.67 bits per heavy atom. The molecule has 2 unspecified atom stereocenters. The van der Waals surface area contributed by atoms with Gasteiger partial charge in [0.25, 0.3) is 0 Å². The van der Waals surface area contributed by atoms with E-state index in [1.807, 2.05) is 13.8 Å². The van der Waals surface area contributed by atoms with Crippen LogP contribution in [0.4, 0.5) is 14.5 Å². The van der Waals surface area contributed by atoms with E-state index in [9.17, 15) is 17.2 Å². The molecule has 21 heavy (non-hydrogen) atoms. The summed E-state index contributed by atoms with van der Waals surface area (Å²) in [5, 5.41) is 3.29. The van der Waals surface area contributed by atoms with Crippen molar-refractivity contribution in [2.24, 2.45) is 0 Å². The Balaban J connectivity index is 2.06. The standard InChI is InChI=1S/C14H19F2NO3S/c1-9-7-12(8-10(2)20-9)17-11-3-5-13(6-4-11)21(18,19)14(15)16/h3-6,9-10,12,14,17H,7-8H2,1-2H3. The maximum absolute atomic E-state index is 12.4. The van der Waals surface area contributed by atoms with Crippen LogP contribution < -0.4 is 5.32 Å². The first kappa shape index (κ1) is 16.2. The van der Waals surface area contributed by atoms with E-state index in [-0.39, 0.29) is 23.1 Å². The molecule has 1 aliphatic rings. The molecule has 0 bridgehead atoms. The van der Waals surface area contributed by atoms with Crippen LogP contribution in [0, 0.1) is 0 Å². The van der Waals surface area contributed by atoms with Crippen LogP contribution in [0.3, 0.4) is 0 Å². The summed E-state index contributed by atoms with van der Waals surface area (Å²) in [6.07, 6.45) is 2.01. The van der Waals surface area contributed by atoms with Crippen LogP contribution >= 0.6 is 0 Å². The Bertz CT molecular complexity index is 564. The Hall–Kier alpha value is -1.21. The summed E-state index contributed by atoms with van der Waals surface area (Å²) < 4.78 is 53.2. The predicted octanol–water partition coefficient (Wildman–Crippen LogP) is 3.05. The molecule has 1 saturated heterocycles. The van der Waals surface area contributed by atoms with Crippen LogP contribution in [-0.4, -0.2) is 32.4 Å². The van der Waals surface area contributed by atoms with E-state index in [0.29, 0.717) is 0 Å². The molecule has 0 aliphatic carbocycles. The molecule has 1 aromatic carbocycles. The monoisotopic (exact) mass is 319 g/mol. The van der Waals surface area contributed by atoms with Crippen molar-refractivity contribution in [3.63, 3.8) is 0 Å². The molecule has 1 N–H and O–H groups in total. The summed E-state index contributed by atoms with van der Waals surface area (Å²) in [4.78, 5) is -0.364. The largest absolute Gasteiger partial charge is 0.382 e. The number of sulfone groups is 1. The van der Waals surface area contributed by atoms with Gasteiger partial charge in [-0.1, -0.05) is 0 Å². The van der Waals surface area contributed by atoms with E-state index in [1.54, 1.807) is 0 Å². The van der Waals surface area contributed by atoms with Crippen molar-refractivity contribution in [2.75, 3.05) is 5.32 Å². The van der Waals surface area contributed by atoms with Gasteiger partial charge in [-0.2, -0.15) is 8.78 Å². The molecule has 0 amide bonds. The Labute approximate surface area is 123 Å². The minimum absolute atomic E-state index is 0.157. The van der Waals surface area contributed by atoms with Gasteiger partial charge in [0, 0.05) is 11.7 Å². The Kier molecular flexibility index (Phi) is 4.83. The number of anilines is 1. The minimum atomic E-state index is -4.53. The summed E-state index contributed by atoms with van der Waals surface area (Å²) in [7, 11) is -4.53. The zero-order chi connectivity index (χ0) is 15.6. The number of hydrogen-bond donors (Lipinski definition) is 1. The van der Waals surface area contributed by atoms with Gasteiger partial charge in [0.2, 0.25) is 9.84 Å². The molecule has 1 fully saturated rings. The highest BCUT2D eigenvalue weighted by Crippen LogP contribution is 2.24. The molecule has 0 saturated carbocycles. The molecule has 1 aromatic rings. The summed E-state index contributed by atoms with van der Waals surface area (Å²) >= 11 is 0. The zero-order valence-corrected chi connectivity index (χ0v) is 12.7. The molecule has 0 spiro atoms. The number of rotatable bonds is 4. The van der Waals surface area contributed by atoms with Gasteiger partial charge in [-0.3, -0.25) is 0 Å². The number of alkyl halides is 2. The lowest BCUT2D eigenvalue weighted by molar-refractivity contribution is -0.0337. The van der Waals surface area contributed by atoms with Gasteiger partial charge >= 0.3 is 5.76 Å². The van der Waals surface area contributed by atoms with Gasteiger partial charge in [0.15, 0.2) is 0 Å². The van der Waals surface area contributed by atoms with Crippen LogP contribution in [0.15, 0.2) is 29.2 Å². The predicted molar refractivity (Wildman–Crippen MR) is 76.3 cm³/mol. The number of ether oxygens (including phenoxy) is 1. The third kappa shape index (κ3) is 3.91. The van der Waals surface area contributed by atoms with Crippen molar-refractivity contribution in [1.82, 2.24) is 0 Å². The number of nitrogens with one attached hydrogen (secondary N) is 1. The van der Waals surface area contributed by atoms with Gasteiger partial charge in [0.05, 0.1) is 17.1 Å². The van der Waals surface area contributed by atoms with Gasteiger partial charge in [0.1, 0.15) is 0 Å². The summed E-state index contributed by atoms with van der Waals surface area (Å²) in [5.74, 6) is -3.39. The second-order valence-corrected chi connectivity index (χ2v) is 7.32. The van der Waals surface area contributed by atoms with E-state index in [4.69, 9.17) is 4.74 Å². The van der Waals surface area contributed by atoms with E-state index in [0.717, 1.165) is 18.5 Å². The van der Waals surface area contributed by atoms with Crippen molar-refractivity contribution in [3.8, 4) is 0 Å². The Morgan fingerprint density at radius 1 is 1.14 bits per heavy atom. The van der Waals surface area contributed by atoms with Crippen LogP contribution in [0.25, 0.3) is 0 Å². The third-order valence-electron chi connectivity index (χ3n) is 3.49. The van der Waals surface area contributed by atoms with E-state index >= 15 is 0 Å². The van der Waals surface area contributed by atoms with Gasteiger partial charge in [-0.15, -0.1) is 0 Å².